The summed E-state index contributed by atoms with van der Waals surface area (Å²) in [6.07, 6.45) is 45.2. The molecule has 58 heavy (non-hydrogen) atoms. The van der Waals surface area contributed by atoms with Crippen LogP contribution in [0.4, 0.5) is 0 Å². The van der Waals surface area contributed by atoms with Gasteiger partial charge in [-0.3, -0.25) is 14.4 Å². The molecule has 1 atom stereocenters. The van der Waals surface area contributed by atoms with Crippen molar-refractivity contribution >= 4 is 17.9 Å². The van der Waals surface area contributed by atoms with Crippen LogP contribution in [-0.2, 0) is 28.6 Å². The zero-order chi connectivity index (χ0) is 42.6. The van der Waals surface area contributed by atoms with E-state index in [1.807, 2.05) is 0 Å². The average molecular weight is 821 g/mol. The smallest absolute Gasteiger partial charge is 0.306 e. The van der Waals surface area contributed by atoms with Gasteiger partial charge in [-0.1, -0.05) is 247 Å². The normalized spacial score (nSPS) is 12.1. The molecule has 0 aliphatic rings. The van der Waals surface area contributed by atoms with Crippen molar-refractivity contribution in [2.24, 2.45) is 11.8 Å². The average Bonchev–Trinajstić information content (AvgIpc) is 3.19. The Morgan fingerprint density at radius 3 is 0.845 bits per heavy atom. The van der Waals surface area contributed by atoms with Crippen molar-refractivity contribution in [1.82, 2.24) is 0 Å². The highest BCUT2D eigenvalue weighted by Crippen LogP contribution is 2.17. The molecular formula is C52H100O6. The van der Waals surface area contributed by atoms with E-state index in [9.17, 15) is 14.4 Å². The van der Waals surface area contributed by atoms with Crippen LogP contribution in [-0.4, -0.2) is 37.2 Å². The number of carbonyl (C=O) groups excluding carboxylic acids is 3. The second-order valence-corrected chi connectivity index (χ2v) is 18.8. The van der Waals surface area contributed by atoms with Gasteiger partial charge >= 0.3 is 17.9 Å². The molecule has 0 fully saturated rings. The largest absolute Gasteiger partial charge is 0.462 e. The third-order valence-electron chi connectivity index (χ3n) is 11.7. The summed E-state index contributed by atoms with van der Waals surface area (Å²) in [4.78, 5) is 37.9. The summed E-state index contributed by atoms with van der Waals surface area (Å²) in [6.45, 7) is 11.3. The maximum Gasteiger partial charge on any atom is 0.306 e. The van der Waals surface area contributed by atoms with Crippen LogP contribution in [0.15, 0.2) is 0 Å². The molecule has 0 aliphatic heterocycles. The lowest BCUT2D eigenvalue weighted by molar-refractivity contribution is -0.167. The van der Waals surface area contributed by atoms with Gasteiger partial charge in [0.25, 0.3) is 0 Å². The Balaban J connectivity index is 4.30. The van der Waals surface area contributed by atoms with Crippen LogP contribution in [0.1, 0.15) is 285 Å². The van der Waals surface area contributed by atoms with Gasteiger partial charge in [0.2, 0.25) is 0 Å². The molecule has 0 heterocycles. The van der Waals surface area contributed by atoms with Crippen LogP contribution in [0.2, 0.25) is 0 Å². The summed E-state index contributed by atoms with van der Waals surface area (Å²) in [5, 5.41) is 0. The number of rotatable bonds is 46. The Morgan fingerprint density at radius 1 is 0.328 bits per heavy atom. The van der Waals surface area contributed by atoms with Gasteiger partial charge in [-0.15, -0.1) is 0 Å². The molecule has 0 N–H and O–H groups in total. The maximum atomic E-state index is 12.7. The topological polar surface area (TPSA) is 78.9 Å². The highest BCUT2D eigenvalue weighted by atomic mass is 16.6. The standard InChI is InChI=1S/C52H100O6/c1-6-7-8-9-10-11-12-13-14-18-21-27-32-37-42-50(53)56-45-49(58-52(55)44-39-34-29-24-23-26-31-36-41-48(4)5)46-57-51(54)43-38-33-28-22-19-16-15-17-20-25-30-35-40-47(2)3/h47-49H,6-46H2,1-5H3/t49-/m0/s1. The fourth-order valence-corrected chi connectivity index (χ4v) is 7.81. The van der Waals surface area contributed by atoms with E-state index in [1.54, 1.807) is 0 Å². The summed E-state index contributed by atoms with van der Waals surface area (Å²) >= 11 is 0. The molecule has 344 valence electrons. The van der Waals surface area contributed by atoms with Crippen LogP contribution < -0.4 is 0 Å². The predicted octanol–water partition coefficient (Wildman–Crippen LogP) is 16.5. The Kier molecular flexibility index (Phi) is 43.7. The lowest BCUT2D eigenvalue weighted by Crippen LogP contribution is -2.30. The Morgan fingerprint density at radius 2 is 0.569 bits per heavy atom. The molecule has 0 saturated carbocycles. The third kappa shape index (κ3) is 45.5. The SMILES string of the molecule is CCCCCCCCCCCCCCCCC(=O)OC[C@@H](COC(=O)CCCCCCCCCCCCCCC(C)C)OC(=O)CCCCCCCCCCC(C)C. The molecule has 0 unspecified atom stereocenters. The first-order chi connectivity index (χ1) is 28.2. The lowest BCUT2D eigenvalue weighted by Gasteiger charge is -2.18. The molecule has 0 radical (unpaired) electrons. The molecule has 0 bridgehead atoms. The van der Waals surface area contributed by atoms with E-state index >= 15 is 0 Å². The monoisotopic (exact) mass is 821 g/mol. The van der Waals surface area contributed by atoms with Crippen LogP contribution in [0, 0.1) is 11.8 Å². The number of hydrogen-bond donors (Lipinski definition) is 0. The summed E-state index contributed by atoms with van der Waals surface area (Å²) in [5.41, 5.74) is 0. The van der Waals surface area contributed by atoms with Gasteiger partial charge < -0.3 is 14.2 Å². The zero-order valence-electron chi connectivity index (χ0n) is 39.7. The molecule has 0 saturated heterocycles. The Labute approximate surface area is 361 Å². The Bertz CT molecular complexity index is 885. The van der Waals surface area contributed by atoms with Crippen LogP contribution in [0.3, 0.4) is 0 Å². The maximum absolute atomic E-state index is 12.7. The van der Waals surface area contributed by atoms with E-state index in [0.717, 1.165) is 69.6 Å². The molecule has 6 nitrogen and oxygen atoms in total. The summed E-state index contributed by atoms with van der Waals surface area (Å²) < 4.78 is 16.8. The summed E-state index contributed by atoms with van der Waals surface area (Å²) in [6, 6.07) is 0. The summed E-state index contributed by atoms with van der Waals surface area (Å²) in [7, 11) is 0. The molecule has 0 aromatic carbocycles. The minimum Gasteiger partial charge on any atom is -0.462 e. The van der Waals surface area contributed by atoms with Gasteiger partial charge in [0.05, 0.1) is 0 Å². The predicted molar refractivity (Wildman–Crippen MR) is 247 cm³/mol. The minimum atomic E-state index is -0.761. The van der Waals surface area contributed by atoms with Crippen molar-refractivity contribution in [1.29, 1.82) is 0 Å². The van der Waals surface area contributed by atoms with Crippen molar-refractivity contribution in [2.45, 2.75) is 291 Å². The number of ether oxygens (including phenoxy) is 3. The fraction of sp³-hybridized carbons (Fsp3) is 0.942. The number of unbranched alkanes of at least 4 members (excludes halogenated alkanes) is 31. The molecule has 0 aromatic heterocycles. The van der Waals surface area contributed by atoms with Crippen molar-refractivity contribution in [2.75, 3.05) is 13.2 Å². The van der Waals surface area contributed by atoms with Gasteiger partial charge in [-0.2, -0.15) is 0 Å². The molecule has 0 aliphatic carbocycles. The van der Waals surface area contributed by atoms with E-state index in [2.05, 4.69) is 34.6 Å². The van der Waals surface area contributed by atoms with Gasteiger partial charge in [0, 0.05) is 19.3 Å². The second-order valence-electron chi connectivity index (χ2n) is 18.8. The minimum absolute atomic E-state index is 0.0641. The molecule has 0 rings (SSSR count). The molecule has 0 aromatic rings. The molecular weight excluding hydrogens is 721 g/mol. The fourth-order valence-electron chi connectivity index (χ4n) is 7.81. The summed E-state index contributed by atoms with van der Waals surface area (Å²) in [5.74, 6) is 0.777. The highest BCUT2D eigenvalue weighted by Gasteiger charge is 2.19. The van der Waals surface area contributed by atoms with Gasteiger partial charge in [-0.05, 0) is 31.1 Å². The third-order valence-corrected chi connectivity index (χ3v) is 11.7. The van der Waals surface area contributed by atoms with E-state index in [-0.39, 0.29) is 31.1 Å². The lowest BCUT2D eigenvalue weighted by atomic mass is 10.0. The number of carbonyl (C=O) groups is 3. The second kappa shape index (κ2) is 44.9. The zero-order valence-corrected chi connectivity index (χ0v) is 39.7. The van der Waals surface area contributed by atoms with Gasteiger partial charge in [0.15, 0.2) is 6.10 Å². The molecule has 6 heteroatoms. The first kappa shape index (κ1) is 56.4. The number of esters is 3. The van der Waals surface area contributed by atoms with E-state index in [0.29, 0.717) is 19.3 Å². The van der Waals surface area contributed by atoms with E-state index in [1.165, 1.54) is 173 Å². The van der Waals surface area contributed by atoms with Crippen LogP contribution in [0.5, 0.6) is 0 Å². The van der Waals surface area contributed by atoms with Crippen molar-refractivity contribution < 1.29 is 28.6 Å². The van der Waals surface area contributed by atoms with Crippen molar-refractivity contribution in [3.05, 3.63) is 0 Å². The molecule has 0 amide bonds. The van der Waals surface area contributed by atoms with Gasteiger partial charge in [0.1, 0.15) is 13.2 Å². The van der Waals surface area contributed by atoms with Crippen molar-refractivity contribution in [3.8, 4) is 0 Å². The highest BCUT2D eigenvalue weighted by molar-refractivity contribution is 5.71. The van der Waals surface area contributed by atoms with Gasteiger partial charge in [-0.25, -0.2) is 0 Å². The molecule has 0 spiro atoms. The number of hydrogen-bond acceptors (Lipinski definition) is 6. The van der Waals surface area contributed by atoms with Crippen LogP contribution >= 0.6 is 0 Å². The van der Waals surface area contributed by atoms with Crippen LogP contribution in [0.25, 0.3) is 0 Å². The first-order valence-corrected chi connectivity index (χ1v) is 25.7. The Hall–Kier alpha value is -1.59. The van der Waals surface area contributed by atoms with E-state index in [4.69, 9.17) is 14.2 Å². The van der Waals surface area contributed by atoms with E-state index < -0.39 is 6.10 Å². The van der Waals surface area contributed by atoms with Crippen molar-refractivity contribution in [3.63, 3.8) is 0 Å². The first-order valence-electron chi connectivity index (χ1n) is 25.7. The quantitative estimate of drug-likeness (QED) is 0.0346.